The van der Waals surface area contributed by atoms with Crippen molar-refractivity contribution in [2.45, 2.75) is 38.3 Å². The van der Waals surface area contributed by atoms with E-state index >= 15 is 0 Å². The molecular formula is C26H31BrN2O4. The lowest BCUT2D eigenvalue weighted by molar-refractivity contribution is 0.0693. The van der Waals surface area contributed by atoms with E-state index < -0.39 is 5.97 Å². The number of carboxylic acids is 1. The van der Waals surface area contributed by atoms with Gasteiger partial charge in [0.25, 0.3) is 0 Å². The van der Waals surface area contributed by atoms with Crippen molar-refractivity contribution in [3.63, 3.8) is 0 Å². The van der Waals surface area contributed by atoms with Crippen molar-refractivity contribution in [1.29, 1.82) is 0 Å². The number of carboxylic acid groups (broad SMARTS) is 1. The molecule has 176 valence electrons. The first-order valence-corrected chi connectivity index (χ1v) is 12.2. The Morgan fingerprint density at radius 3 is 2.64 bits per heavy atom. The summed E-state index contributed by atoms with van der Waals surface area (Å²) in [7, 11) is 3.25. The van der Waals surface area contributed by atoms with E-state index in [-0.39, 0.29) is 5.56 Å². The van der Waals surface area contributed by atoms with Crippen molar-refractivity contribution in [3.05, 3.63) is 63.8 Å². The van der Waals surface area contributed by atoms with E-state index in [1.165, 1.54) is 23.6 Å². The second-order valence-electron chi connectivity index (χ2n) is 8.68. The van der Waals surface area contributed by atoms with Crippen LogP contribution >= 0.6 is 15.9 Å². The Morgan fingerprint density at radius 2 is 1.94 bits per heavy atom. The van der Waals surface area contributed by atoms with Gasteiger partial charge < -0.3 is 19.1 Å². The number of aromatic nitrogens is 1. The lowest BCUT2D eigenvalue weighted by atomic mass is 9.89. The summed E-state index contributed by atoms with van der Waals surface area (Å²) in [6, 6.07) is 12.0. The Kier molecular flexibility index (Phi) is 7.73. The van der Waals surface area contributed by atoms with E-state index in [4.69, 9.17) is 9.47 Å². The largest absolute Gasteiger partial charge is 0.496 e. The molecule has 6 nitrogen and oxygen atoms in total. The first-order valence-electron chi connectivity index (χ1n) is 11.4. The fraction of sp³-hybridized carbons (Fsp3) is 0.423. The fourth-order valence-corrected chi connectivity index (χ4v) is 5.23. The van der Waals surface area contributed by atoms with Gasteiger partial charge in [0.15, 0.2) is 0 Å². The number of rotatable bonds is 9. The Morgan fingerprint density at radius 1 is 1.15 bits per heavy atom. The first kappa shape index (κ1) is 23.8. The van der Waals surface area contributed by atoms with Gasteiger partial charge in [0.05, 0.1) is 7.11 Å². The van der Waals surface area contributed by atoms with Gasteiger partial charge >= 0.3 is 5.97 Å². The van der Waals surface area contributed by atoms with Crippen LogP contribution in [0.25, 0.3) is 10.9 Å². The normalized spacial score (nSPS) is 15.2. The molecule has 0 bridgehead atoms. The number of carbonyl (C=O) groups is 1. The third-order valence-corrected chi connectivity index (χ3v) is 7.04. The third-order valence-electron chi connectivity index (χ3n) is 6.55. The smallest absolute Gasteiger partial charge is 0.339 e. The molecule has 4 rings (SSSR count). The molecule has 3 aromatic rings. The molecule has 0 atom stereocenters. The highest BCUT2D eigenvalue weighted by molar-refractivity contribution is 9.10. The van der Waals surface area contributed by atoms with Crippen LogP contribution in [0.2, 0.25) is 0 Å². The third kappa shape index (κ3) is 5.42. The standard InChI is InChI=1S/C26H31BrN2O4/c1-32-13-3-10-29-17-23(21-15-20(27)5-6-24(21)29)19-8-11-28(12-9-19)16-18-4-7-25(33-2)22(14-18)26(30)31/h4-7,14-15,17,19H,3,8-13,16H2,1-2H3,(H,30,31). The Hall–Kier alpha value is -2.35. The quantitative estimate of drug-likeness (QED) is 0.380. The molecular weight excluding hydrogens is 484 g/mol. The summed E-state index contributed by atoms with van der Waals surface area (Å²) < 4.78 is 13.9. The second-order valence-corrected chi connectivity index (χ2v) is 9.59. The van der Waals surface area contributed by atoms with Crippen LogP contribution in [0.4, 0.5) is 0 Å². The van der Waals surface area contributed by atoms with E-state index in [0.717, 1.165) is 62.1 Å². The number of nitrogens with zero attached hydrogens (tertiary/aromatic N) is 2. The van der Waals surface area contributed by atoms with Gasteiger partial charge in [0.1, 0.15) is 11.3 Å². The SMILES string of the molecule is COCCCn1cc(C2CCN(Cc3ccc(OC)c(C(=O)O)c3)CC2)c2cc(Br)ccc21. The minimum atomic E-state index is -0.958. The van der Waals surface area contributed by atoms with E-state index in [0.29, 0.717) is 11.7 Å². The molecule has 2 aromatic carbocycles. The Balaban J connectivity index is 1.46. The molecule has 1 aliphatic rings. The van der Waals surface area contributed by atoms with Crippen molar-refractivity contribution in [2.24, 2.45) is 0 Å². The number of aromatic carboxylic acids is 1. The molecule has 7 heteroatoms. The maximum atomic E-state index is 11.5. The molecule has 0 aliphatic carbocycles. The Bertz CT molecular complexity index is 1120. The van der Waals surface area contributed by atoms with Gasteiger partial charge in [-0.3, -0.25) is 4.90 Å². The monoisotopic (exact) mass is 514 g/mol. The summed E-state index contributed by atoms with van der Waals surface area (Å²) in [5.74, 6) is -0.0364. The molecule has 1 fully saturated rings. The molecule has 1 aromatic heterocycles. The molecule has 0 amide bonds. The van der Waals surface area contributed by atoms with Crippen LogP contribution in [-0.2, 0) is 17.8 Å². The van der Waals surface area contributed by atoms with Crippen LogP contribution < -0.4 is 4.74 Å². The predicted octanol–water partition coefficient (Wildman–Crippen LogP) is 5.53. The molecule has 0 radical (unpaired) electrons. The van der Waals surface area contributed by atoms with Gasteiger partial charge in [0, 0.05) is 48.4 Å². The summed E-state index contributed by atoms with van der Waals surface area (Å²) >= 11 is 3.65. The summed E-state index contributed by atoms with van der Waals surface area (Å²) in [5.41, 5.74) is 3.94. The van der Waals surface area contributed by atoms with Gasteiger partial charge in [-0.05, 0) is 79.7 Å². The Labute approximate surface area is 203 Å². The topological polar surface area (TPSA) is 63.9 Å². The molecule has 0 spiro atoms. The van der Waals surface area contributed by atoms with Crippen LogP contribution in [0, 0.1) is 0 Å². The number of halogens is 1. The van der Waals surface area contributed by atoms with Gasteiger partial charge in [0.2, 0.25) is 0 Å². The molecule has 0 saturated carbocycles. The highest BCUT2D eigenvalue weighted by Gasteiger charge is 2.24. The summed E-state index contributed by atoms with van der Waals surface area (Å²) in [6.07, 6.45) is 5.52. The predicted molar refractivity (Wildman–Crippen MR) is 133 cm³/mol. The maximum absolute atomic E-state index is 11.5. The summed E-state index contributed by atoms with van der Waals surface area (Å²) in [4.78, 5) is 13.9. The average Bonchev–Trinajstić information content (AvgIpc) is 3.17. The molecule has 1 saturated heterocycles. The van der Waals surface area contributed by atoms with Gasteiger partial charge in [-0.15, -0.1) is 0 Å². The maximum Gasteiger partial charge on any atom is 0.339 e. The van der Waals surface area contributed by atoms with Crippen molar-refractivity contribution in [2.75, 3.05) is 33.9 Å². The van der Waals surface area contributed by atoms with E-state index in [1.54, 1.807) is 19.2 Å². The molecule has 33 heavy (non-hydrogen) atoms. The van der Waals surface area contributed by atoms with Crippen LogP contribution in [0.5, 0.6) is 5.75 Å². The summed E-state index contributed by atoms with van der Waals surface area (Å²) in [6.45, 7) is 4.45. The number of ether oxygens (including phenoxy) is 2. The number of likely N-dealkylation sites (tertiary alicyclic amines) is 1. The van der Waals surface area contributed by atoms with Crippen molar-refractivity contribution < 1.29 is 19.4 Å². The van der Waals surface area contributed by atoms with Crippen LogP contribution in [0.3, 0.4) is 0 Å². The number of aryl methyl sites for hydroxylation is 1. The van der Waals surface area contributed by atoms with Crippen LogP contribution in [-0.4, -0.2) is 54.5 Å². The fourth-order valence-electron chi connectivity index (χ4n) is 4.87. The van der Waals surface area contributed by atoms with Crippen LogP contribution in [0.1, 0.15) is 46.7 Å². The summed E-state index contributed by atoms with van der Waals surface area (Å²) in [5, 5.41) is 10.8. The molecule has 1 aliphatic heterocycles. The zero-order chi connectivity index (χ0) is 23.4. The molecule has 2 heterocycles. The minimum Gasteiger partial charge on any atom is -0.496 e. The lowest BCUT2D eigenvalue weighted by Crippen LogP contribution is -2.32. The minimum absolute atomic E-state index is 0.219. The second kappa shape index (κ2) is 10.7. The number of hydrogen-bond donors (Lipinski definition) is 1. The zero-order valence-corrected chi connectivity index (χ0v) is 20.8. The van der Waals surface area contributed by atoms with Crippen molar-refractivity contribution in [3.8, 4) is 5.75 Å². The van der Waals surface area contributed by atoms with Crippen LogP contribution in [0.15, 0.2) is 47.1 Å². The number of fused-ring (bicyclic) bond motifs is 1. The zero-order valence-electron chi connectivity index (χ0n) is 19.2. The van der Waals surface area contributed by atoms with Gasteiger partial charge in [-0.2, -0.15) is 0 Å². The van der Waals surface area contributed by atoms with E-state index in [2.05, 4.69) is 49.8 Å². The number of methoxy groups -OCH3 is 2. The lowest BCUT2D eigenvalue weighted by Gasteiger charge is -2.32. The van der Waals surface area contributed by atoms with Crippen molar-refractivity contribution >= 4 is 32.8 Å². The molecule has 1 N–H and O–H groups in total. The first-order chi connectivity index (χ1) is 16.0. The molecule has 0 unspecified atom stereocenters. The highest BCUT2D eigenvalue weighted by atomic mass is 79.9. The average molecular weight is 515 g/mol. The van der Waals surface area contributed by atoms with Crippen molar-refractivity contribution in [1.82, 2.24) is 9.47 Å². The van der Waals surface area contributed by atoms with E-state index in [1.807, 2.05) is 6.07 Å². The number of hydrogen-bond acceptors (Lipinski definition) is 4. The number of benzene rings is 2. The van der Waals surface area contributed by atoms with Gasteiger partial charge in [-0.25, -0.2) is 4.79 Å². The number of piperidine rings is 1. The highest BCUT2D eigenvalue weighted by Crippen LogP contribution is 2.36. The van der Waals surface area contributed by atoms with Gasteiger partial charge in [-0.1, -0.05) is 22.0 Å². The van der Waals surface area contributed by atoms with E-state index in [9.17, 15) is 9.90 Å².